The first kappa shape index (κ1) is 12.1. The molecule has 0 radical (unpaired) electrons. The normalized spacial score (nSPS) is 25.8. The Balaban J connectivity index is 2.09. The van der Waals surface area contributed by atoms with Crippen LogP contribution in [0.2, 0.25) is 0 Å². The van der Waals surface area contributed by atoms with Crippen LogP contribution in [0.15, 0.2) is 16.9 Å². The Morgan fingerprint density at radius 3 is 3.24 bits per heavy atom. The summed E-state index contributed by atoms with van der Waals surface area (Å²) in [4.78, 5) is 13.5. The molecule has 94 valence electrons. The van der Waals surface area contributed by atoms with E-state index in [1.807, 2.05) is 4.90 Å². The molecule has 0 saturated carbocycles. The second kappa shape index (κ2) is 5.29. The van der Waals surface area contributed by atoms with Crippen LogP contribution >= 0.6 is 0 Å². The lowest BCUT2D eigenvalue weighted by Gasteiger charge is -2.36. The standard InChI is InChI=1S/C11H16N2O4/c1-16-11(15)10-9(14)3-2-5-13(10)7-8-4-6-17-12-8/h4,6,9-10,14H,2-3,5,7H2,1H3/t9-,10-/m0/s1. The highest BCUT2D eigenvalue weighted by Crippen LogP contribution is 2.20. The number of aliphatic hydroxyl groups is 1. The molecular formula is C11H16N2O4. The van der Waals surface area contributed by atoms with Gasteiger partial charge in [0.25, 0.3) is 0 Å². The molecule has 1 aliphatic rings. The number of piperidine rings is 1. The zero-order chi connectivity index (χ0) is 12.3. The molecule has 1 aliphatic heterocycles. The van der Waals surface area contributed by atoms with Crippen LogP contribution in [0.1, 0.15) is 18.5 Å². The van der Waals surface area contributed by atoms with Gasteiger partial charge < -0.3 is 14.4 Å². The van der Waals surface area contributed by atoms with Gasteiger partial charge >= 0.3 is 5.97 Å². The third kappa shape index (κ3) is 2.65. The number of ether oxygens (including phenoxy) is 1. The van der Waals surface area contributed by atoms with Gasteiger partial charge in [0.2, 0.25) is 0 Å². The van der Waals surface area contributed by atoms with Crippen LogP contribution in [0.5, 0.6) is 0 Å². The number of esters is 1. The molecule has 1 aromatic heterocycles. The van der Waals surface area contributed by atoms with E-state index in [4.69, 9.17) is 9.26 Å². The zero-order valence-electron chi connectivity index (χ0n) is 9.70. The predicted molar refractivity (Wildman–Crippen MR) is 58.0 cm³/mol. The van der Waals surface area contributed by atoms with Gasteiger partial charge in [-0.25, -0.2) is 0 Å². The van der Waals surface area contributed by atoms with Crippen LogP contribution in [0, 0.1) is 0 Å². The van der Waals surface area contributed by atoms with Gasteiger partial charge in [0.15, 0.2) is 0 Å². The van der Waals surface area contributed by atoms with Crippen molar-refractivity contribution in [1.29, 1.82) is 0 Å². The molecule has 0 aliphatic carbocycles. The summed E-state index contributed by atoms with van der Waals surface area (Å²) >= 11 is 0. The number of hydrogen-bond acceptors (Lipinski definition) is 6. The number of rotatable bonds is 3. The van der Waals surface area contributed by atoms with Gasteiger partial charge in [0, 0.05) is 12.6 Å². The average molecular weight is 240 g/mol. The first-order valence-electron chi connectivity index (χ1n) is 5.61. The topological polar surface area (TPSA) is 75.8 Å². The van der Waals surface area contributed by atoms with Crippen LogP contribution in [-0.2, 0) is 16.1 Å². The molecule has 17 heavy (non-hydrogen) atoms. The quantitative estimate of drug-likeness (QED) is 0.759. The van der Waals surface area contributed by atoms with E-state index in [1.165, 1.54) is 13.4 Å². The zero-order valence-corrected chi connectivity index (χ0v) is 9.70. The van der Waals surface area contributed by atoms with E-state index in [0.29, 0.717) is 13.0 Å². The molecule has 1 saturated heterocycles. The molecule has 0 aromatic carbocycles. The fraction of sp³-hybridized carbons (Fsp3) is 0.636. The van der Waals surface area contributed by atoms with E-state index < -0.39 is 18.1 Å². The summed E-state index contributed by atoms with van der Waals surface area (Å²) in [6.45, 7) is 1.22. The van der Waals surface area contributed by atoms with Crippen molar-refractivity contribution in [2.24, 2.45) is 0 Å². The van der Waals surface area contributed by atoms with Gasteiger partial charge in [-0.1, -0.05) is 5.16 Å². The van der Waals surface area contributed by atoms with Crippen molar-refractivity contribution in [3.63, 3.8) is 0 Å². The Hall–Kier alpha value is -1.40. The fourth-order valence-corrected chi connectivity index (χ4v) is 2.18. The SMILES string of the molecule is COC(=O)[C@@H]1[C@@H](O)CCCN1Cc1ccon1. The lowest BCUT2D eigenvalue weighted by atomic mass is 9.98. The Kier molecular flexibility index (Phi) is 3.75. The molecule has 2 rings (SSSR count). The highest BCUT2D eigenvalue weighted by molar-refractivity contribution is 5.76. The predicted octanol–water partition coefficient (Wildman–Crippen LogP) is 0.173. The molecule has 6 nitrogen and oxygen atoms in total. The van der Waals surface area contributed by atoms with Crippen molar-refractivity contribution in [2.75, 3.05) is 13.7 Å². The summed E-state index contributed by atoms with van der Waals surface area (Å²) in [6, 6.07) is 1.14. The van der Waals surface area contributed by atoms with Crippen molar-refractivity contribution in [1.82, 2.24) is 10.1 Å². The Morgan fingerprint density at radius 2 is 2.59 bits per heavy atom. The van der Waals surface area contributed by atoms with Crippen LogP contribution < -0.4 is 0 Å². The average Bonchev–Trinajstić information content (AvgIpc) is 2.81. The molecule has 1 fully saturated rings. The molecule has 1 aromatic rings. The largest absolute Gasteiger partial charge is 0.468 e. The minimum Gasteiger partial charge on any atom is -0.468 e. The van der Waals surface area contributed by atoms with Crippen molar-refractivity contribution >= 4 is 5.97 Å². The summed E-state index contributed by atoms with van der Waals surface area (Å²) in [5.74, 6) is -0.402. The molecule has 2 heterocycles. The highest BCUT2D eigenvalue weighted by atomic mass is 16.5. The van der Waals surface area contributed by atoms with Gasteiger partial charge in [-0.3, -0.25) is 9.69 Å². The summed E-state index contributed by atoms with van der Waals surface area (Å²) in [6.07, 6.45) is 2.29. The molecule has 0 amide bonds. The van der Waals surface area contributed by atoms with Crippen LogP contribution in [0.25, 0.3) is 0 Å². The Labute approximate surface area is 99.1 Å². The summed E-state index contributed by atoms with van der Waals surface area (Å²) in [7, 11) is 1.33. The Bertz CT molecular complexity index is 366. The smallest absolute Gasteiger partial charge is 0.325 e. The van der Waals surface area contributed by atoms with Gasteiger partial charge in [-0.05, 0) is 19.4 Å². The Morgan fingerprint density at radius 1 is 1.76 bits per heavy atom. The lowest BCUT2D eigenvalue weighted by Crippen LogP contribution is -2.52. The molecule has 0 spiro atoms. The molecule has 0 unspecified atom stereocenters. The first-order chi connectivity index (χ1) is 8.22. The lowest BCUT2D eigenvalue weighted by molar-refractivity contribution is -0.154. The van der Waals surface area contributed by atoms with E-state index in [9.17, 15) is 9.90 Å². The van der Waals surface area contributed by atoms with Crippen molar-refractivity contribution in [3.8, 4) is 0 Å². The van der Waals surface area contributed by atoms with Gasteiger partial charge in [0.05, 0.1) is 18.9 Å². The number of carbonyl (C=O) groups is 1. The minimum absolute atomic E-state index is 0.402. The summed E-state index contributed by atoms with van der Waals surface area (Å²) in [5, 5.41) is 13.7. The highest BCUT2D eigenvalue weighted by Gasteiger charge is 2.36. The molecule has 0 bridgehead atoms. The first-order valence-corrected chi connectivity index (χ1v) is 5.61. The summed E-state index contributed by atoms with van der Waals surface area (Å²) in [5.41, 5.74) is 0.744. The van der Waals surface area contributed by atoms with Gasteiger partial charge in [-0.15, -0.1) is 0 Å². The third-order valence-corrected chi connectivity index (χ3v) is 3.00. The minimum atomic E-state index is -0.678. The van der Waals surface area contributed by atoms with Crippen LogP contribution in [0.4, 0.5) is 0 Å². The second-order valence-electron chi connectivity index (χ2n) is 4.14. The fourth-order valence-electron chi connectivity index (χ4n) is 2.18. The van der Waals surface area contributed by atoms with Gasteiger partial charge in [0.1, 0.15) is 12.3 Å². The number of hydrogen-bond donors (Lipinski definition) is 1. The third-order valence-electron chi connectivity index (χ3n) is 3.00. The maximum Gasteiger partial charge on any atom is 0.325 e. The van der Waals surface area contributed by atoms with E-state index in [0.717, 1.165) is 18.7 Å². The number of nitrogens with zero attached hydrogens (tertiary/aromatic N) is 2. The molecular weight excluding hydrogens is 224 g/mol. The maximum atomic E-state index is 11.6. The number of aliphatic hydroxyl groups excluding tert-OH is 1. The maximum absolute atomic E-state index is 11.6. The number of methoxy groups -OCH3 is 1. The number of carbonyl (C=O) groups excluding carboxylic acids is 1. The second-order valence-corrected chi connectivity index (χ2v) is 4.14. The van der Waals surface area contributed by atoms with Crippen LogP contribution in [0.3, 0.4) is 0 Å². The molecule has 1 N–H and O–H groups in total. The van der Waals surface area contributed by atoms with E-state index >= 15 is 0 Å². The van der Waals surface area contributed by atoms with E-state index in [1.54, 1.807) is 6.07 Å². The summed E-state index contributed by atoms with van der Waals surface area (Å²) < 4.78 is 9.47. The molecule has 6 heteroatoms. The van der Waals surface area contributed by atoms with Crippen molar-refractivity contribution in [2.45, 2.75) is 31.5 Å². The van der Waals surface area contributed by atoms with Crippen molar-refractivity contribution in [3.05, 3.63) is 18.0 Å². The number of aromatic nitrogens is 1. The molecule has 2 atom stereocenters. The monoisotopic (exact) mass is 240 g/mol. The van der Waals surface area contributed by atoms with E-state index in [-0.39, 0.29) is 0 Å². The van der Waals surface area contributed by atoms with Crippen molar-refractivity contribution < 1.29 is 19.2 Å². The van der Waals surface area contributed by atoms with Gasteiger partial charge in [-0.2, -0.15) is 0 Å². The van der Waals surface area contributed by atoms with E-state index in [2.05, 4.69) is 5.16 Å². The van der Waals surface area contributed by atoms with Crippen LogP contribution in [-0.4, -0.2) is 46.9 Å². The number of likely N-dealkylation sites (tertiary alicyclic amines) is 1.